The van der Waals surface area contributed by atoms with Gasteiger partial charge >= 0.3 is 0 Å². The van der Waals surface area contributed by atoms with Gasteiger partial charge in [0.2, 0.25) is 0 Å². The summed E-state index contributed by atoms with van der Waals surface area (Å²) in [4.78, 5) is 18.5. The molecule has 6 heteroatoms. The van der Waals surface area contributed by atoms with Crippen molar-refractivity contribution in [3.8, 4) is 5.75 Å². The van der Waals surface area contributed by atoms with E-state index < -0.39 is 5.82 Å². The fraction of sp³-hybridized carbons (Fsp3) is 0.158. The third-order valence-corrected chi connectivity index (χ3v) is 3.98. The van der Waals surface area contributed by atoms with Crippen LogP contribution in [0.15, 0.2) is 54.6 Å². The van der Waals surface area contributed by atoms with Crippen molar-refractivity contribution in [2.45, 2.75) is 0 Å². The summed E-state index contributed by atoms with van der Waals surface area (Å²) in [5, 5.41) is 0.997. The minimum absolute atomic E-state index is 0.167. The number of para-hydroxylation sites is 2. The number of carbonyl (C=O) groups excluding carboxylic acids is 1. The molecule has 0 radical (unpaired) electrons. The van der Waals surface area contributed by atoms with Gasteiger partial charge in [-0.2, -0.15) is 0 Å². The van der Waals surface area contributed by atoms with E-state index >= 15 is 0 Å². The van der Waals surface area contributed by atoms with Crippen LogP contribution in [-0.2, 0) is 0 Å². The predicted octanol–water partition coefficient (Wildman–Crippen LogP) is 4.18. The number of fused-ring (bicyclic) bond motifs is 1. The van der Waals surface area contributed by atoms with Gasteiger partial charge < -0.3 is 9.64 Å². The Morgan fingerprint density at radius 2 is 1.92 bits per heavy atom. The molecule has 0 fully saturated rings. The van der Waals surface area contributed by atoms with Gasteiger partial charge in [0.1, 0.15) is 11.8 Å². The van der Waals surface area contributed by atoms with Crippen LogP contribution in [0, 0.1) is 5.82 Å². The van der Waals surface area contributed by atoms with Crippen molar-refractivity contribution < 1.29 is 13.9 Å². The Morgan fingerprint density at radius 3 is 2.72 bits per heavy atom. The molecule has 1 aromatic heterocycles. The van der Waals surface area contributed by atoms with Crippen molar-refractivity contribution in [2.75, 3.05) is 20.2 Å². The van der Waals surface area contributed by atoms with Crippen LogP contribution in [0.25, 0.3) is 10.9 Å². The molecule has 3 rings (SSSR count). The number of ether oxygens (including phenoxy) is 1. The Kier molecular flexibility index (Phi) is 5.14. The second kappa shape index (κ2) is 7.49. The number of hydrogen-bond donors (Lipinski definition) is 0. The van der Waals surface area contributed by atoms with E-state index in [1.807, 2.05) is 18.2 Å². The fourth-order valence-electron chi connectivity index (χ4n) is 2.48. The Morgan fingerprint density at radius 1 is 1.20 bits per heavy atom. The van der Waals surface area contributed by atoms with E-state index in [0.29, 0.717) is 17.6 Å². The summed E-state index contributed by atoms with van der Waals surface area (Å²) in [5.41, 5.74) is 1.14. The van der Waals surface area contributed by atoms with Gasteiger partial charge in [0.25, 0.3) is 5.91 Å². The summed E-state index contributed by atoms with van der Waals surface area (Å²) in [6, 6.07) is 15.0. The summed E-state index contributed by atoms with van der Waals surface area (Å²) >= 11 is 6.03. The van der Waals surface area contributed by atoms with Crippen LogP contribution in [0.1, 0.15) is 10.4 Å². The third-order valence-electron chi connectivity index (χ3n) is 3.78. The lowest BCUT2D eigenvalue weighted by atomic mass is 10.1. The SMILES string of the molecule is CN(CCOc1ccccc1F)C(=O)c1cc(Cl)nc2ccccc12. The third kappa shape index (κ3) is 3.88. The molecule has 0 aliphatic carbocycles. The number of hydrogen-bond acceptors (Lipinski definition) is 3. The lowest BCUT2D eigenvalue weighted by Gasteiger charge is -2.18. The predicted molar refractivity (Wildman–Crippen MR) is 95.6 cm³/mol. The zero-order valence-corrected chi connectivity index (χ0v) is 14.3. The van der Waals surface area contributed by atoms with Gasteiger partial charge in [-0.05, 0) is 24.3 Å². The van der Waals surface area contributed by atoms with Crippen LogP contribution in [0.2, 0.25) is 5.15 Å². The first kappa shape index (κ1) is 17.2. The monoisotopic (exact) mass is 358 g/mol. The van der Waals surface area contributed by atoms with Crippen LogP contribution in [0.5, 0.6) is 5.75 Å². The largest absolute Gasteiger partial charge is 0.489 e. The smallest absolute Gasteiger partial charge is 0.254 e. The van der Waals surface area contributed by atoms with Crippen LogP contribution in [0.4, 0.5) is 4.39 Å². The molecule has 4 nitrogen and oxygen atoms in total. The van der Waals surface area contributed by atoms with Crippen molar-refractivity contribution in [2.24, 2.45) is 0 Å². The highest BCUT2D eigenvalue weighted by Crippen LogP contribution is 2.22. The number of amides is 1. The summed E-state index contributed by atoms with van der Waals surface area (Å²) in [6.45, 7) is 0.487. The molecule has 3 aromatic rings. The molecule has 0 N–H and O–H groups in total. The summed E-state index contributed by atoms with van der Waals surface area (Å²) in [6.07, 6.45) is 0. The number of nitrogens with zero attached hydrogens (tertiary/aromatic N) is 2. The van der Waals surface area contributed by atoms with Crippen molar-refractivity contribution in [1.82, 2.24) is 9.88 Å². The van der Waals surface area contributed by atoms with Gasteiger partial charge in [-0.1, -0.05) is 41.9 Å². The molecule has 0 bridgehead atoms. The van der Waals surface area contributed by atoms with E-state index in [0.717, 1.165) is 5.39 Å². The molecule has 0 spiro atoms. The van der Waals surface area contributed by atoms with Crippen molar-refractivity contribution >= 4 is 28.4 Å². The topological polar surface area (TPSA) is 42.4 Å². The number of benzene rings is 2. The molecular formula is C19H16ClFN2O2. The maximum atomic E-state index is 13.5. The second-order valence-electron chi connectivity index (χ2n) is 5.52. The molecule has 1 amide bonds. The first-order valence-electron chi connectivity index (χ1n) is 7.74. The minimum atomic E-state index is -0.427. The number of carbonyl (C=O) groups is 1. The molecule has 0 saturated carbocycles. The number of pyridine rings is 1. The second-order valence-corrected chi connectivity index (χ2v) is 5.90. The Bertz CT molecular complexity index is 917. The molecule has 0 saturated heterocycles. The highest BCUT2D eigenvalue weighted by atomic mass is 35.5. The lowest BCUT2D eigenvalue weighted by molar-refractivity contribution is 0.0775. The lowest BCUT2D eigenvalue weighted by Crippen LogP contribution is -2.31. The molecule has 0 aliphatic rings. The van der Waals surface area contributed by atoms with E-state index in [1.54, 1.807) is 37.4 Å². The Balaban J connectivity index is 1.72. The maximum absolute atomic E-state index is 13.5. The highest BCUT2D eigenvalue weighted by Gasteiger charge is 2.16. The molecule has 2 aromatic carbocycles. The van der Waals surface area contributed by atoms with Gasteiger partial charge in [-0.3, -0.25) is 4.79 Å². The summed E-state index contributed by atoms with van der Waals surface area (Å²) in [5.74, 6) is -0.457. The van der Waals surface area contributed by atoms with E-state index in [-0.39, 0.29) is 23.4 Å². The number of rotatable bonds is 5. The normalized spacial score (nSPS) is 10.7. The van der Waals surface area contributed by atoms with Gasteiger partial charge in [0.15, 0.2) is 11.6 Å². The maximum Gasteiger partial charge on any atom is 0.254 e. The van der Waals surface area contributed by atoms with Gasteiger partial charge in [-0.15, -0.1) is 0 Å². The van der Waals surface area contributed by atoms with Gasteiger partial charge in [0.05, 0.1) is 17.6 Å². The number of halogens is 2. The van der Waals surface area contributed by atoms with E-state index in [1.165, 1.54) is 11.0 Å². The van der Waals surface area contributed by atoms with Crippen LogP contribution < -0.4 is 4.74 Å². The van der Waals surface area contributed by atoms with Crippen molar-refractivity contribution in [1.29, 1.82) is 0 Å². The zero-order valence-electron chi connectivity index (χ0n) is 13.6. The van der Waals surface area contributed by atoms with E-state index in [2.05, 4.69) is 4.98 Å². The zero-order chi connectivity index (χ0) is 17.8. The average Bonchev–Trinajstić information content (AvgIpc) is 2.61. The van der Waals surface area contributed by atoms with Crippen LogP contribution >= 0.6 is 11.6 Å². The van der Waals surface area contributed by atoms with E-state index in [4.69, 9.17) is 16.3 Å². The van der Waals surface area contributed by atoms with Gasteiger partial charge in [0, 0.05) is 12.4 Å². The van der Waals surface area contributed by atoms with Crippen molar-refractivity contribution in [3.05, 3.63) is 71.1 Å². The number of likely N-dealkylation sites (N-methyl/N-ethyl adjacent to an activating group) is 1. The summed E-state index contributed by atoms with van der Waals surface area (Å²) in [7, 11) is 1.66. The Labute approximate surface area is 149 Å². The molecule has 0 unspecified atom stereocenters. The fourth-order valence-corrected chi connectivity index (χ4v) is 2.68. The molecule has 1 heterocycles. The first-order valence-corrected chi connectivity index (χ1v) is 8.12. The molecule has 128 valence electrons. The molecular weight excluding hydrogens is 343 g/mol. The first-order chi connectivity index (χ1) is 12.1. The standard InChI is InChI=1S/C19H16ClFN2O2/c1-23(10-11-25-17-9-5-3-7-15(17)21)19(24)14-12-18(20)22-16-8-4-2-6-13(14)16/h2-9,12H,10-11H2,1H3. The quantitative estimate of drug-likeness (QED) is 0.643. The average molecular weight is 359 g/mol. The number of aromatic nitrogens is 1. The molecule has 0 aliphatic heterocycles. The molecule has 25 heavy (non-hydrogen) atoms. The molecule has 0 atom stereocenters. The van der Waals surface area contributed by atoms with Crippen molar-refractivity contribution in [3.63, 3.8) is 0 Å². The minimum Gasteiger partial charge on any atom is -0.489 e. The Hall–Kier alpha value is -2.66. The van der Waals surface area contributed by atoms with Crippen LogP contribution in [0.3, 0.4) is 0 Å². The summed E-state index contributed by atoms with van der Waals surface area (Å²) < 4.78 is 18.9. The van der Waals surface area contributed by atoms with E-state index in [9.17, 15) is 9.18 Å². The highest BCUT2D eigenvalue weighted by molar-refractivity contribution is 6.30. The van der Waals surface area contributed by atoms with Crippen LogP contribution in [-0.4, -0.2) is 36.0 Å². The van der Waals surface area contributed by atoms with Gasteiger partial charge in [-0.25, -0.2) is 9.37 Å².